The van der Waals surface area contributed by atoms with Crippen LogP contribution in [-0.4, -0.2) is 23.3 Å². The molecule has 1 aliphatic rings. The lowest BCUT2D eigenvalue weighted by Gasteiger charge is -2.17. The maximum atomic E-state index is 6.09. The summed E-state index contributed by atoms with van der Waals surface area (Å²) >= 11 is 0. The van der Waals surface area contributed by atoms with Gasteiger partial charge in [-0.1, -0.05) is 6.07 Å². The molecule has 1 aromatic carbocycles. The van der Waals surface area contributed by atoms with Crippen molar-refractivity contribution < 1.29 is 4.74 Å². The summed E-state index contributed by atoms with van der Waals surface area (Å²) in [5, 5.41) is 0. The van der Waals surface area contributed by atoms with Gasteiger partial charge in [0.1, 0.15) is 0 Å². The van der Waals surface area contributed by atoms with Crippen molar-refractivity contribution >= 4 is 17.0 Å². The lowest BCUT2D eigenvalue weighted by Crippen LogP contribution is -2.15. The standard InChI is InChI=1S/C15H21N3O/c1-11-3-4-12-13(9-11)18(14(16)17-12)10-15(5-6-15)7-8-19-2/h3-4,9H,5-8,10H2,1-2H3,(H2,16,17). The second-order valence-corrected chi connectivity index (χ2v) is 5.79. The highest BCUT2D eigenvalue weighted by Crippen LogP contribution is 2.50. The first-order valence-corrected chi connectivity index (χ1v) is 6.85. The van der Waals surface area contributed by atoms with Gasteiger partial charge in [-0.05, 0) is 49.3 Å². The first-order chi connectivity index (χ1) is 9.13. The number of methoxy groups -OCH3 is 1. The Bertz CT molecular complexity index is 599. The zero-order valence-corrected chi connectivity index (χ0v) is 11.6. The van der Waals surface area contributed by atoms with Crippen molar-refractivity contribution in [1.82, 2.24) is 9.55 Å². The predicted molar refractivity (Wildman–Crippen MR) is 77.0 cm³/mol. The number of hydrogen-bond donors (Lipinski definition) is 1. The lowest BCUT2D eigenvalue weighted by atomic mass is 10.0. The number of imidazole rings is 1. The highest BCUT2D eigenvalue weighted by molar-refractivity contribution is 5.79. The Kier molecular flexibility index (Phi) is 2.97. The molecule has 102 valence electrons. The molecular weight excluding hydrogens is 238 g/mol. The Morgan fingerprint density at radius 2 is 2.21 bits per heavy atom. The summed E-state index contributed by atoms with van der Waals surface area (Å²) < 4.78 is 7.39. The Labute approximate surface area is 113 Å². The number of benzene rings is 1. The molecule has 1 aliphatic carbocycles. The van der Waals surface area contributed by atoms with Crippen molar-refractivity contribution in [2.45, 2.75) is 32.7 Å². The molecule has 4 heteroatoms. The number of hydrogen-bond acceptors (Lipinski definition) is 3. The van der Waals surface area contributed by atoms with Crippen molar-refractivity contribution in [3.8, 4) is 0 Å². The minimum absolute atomic E-state index is 0.376. The van der Waals surface area contributed by atoms with Crippen molar-refractivity contribution in [2.24, 2.45) is 5.41 Å². The van der Waals surface area contributed by atoms with Gasteiger partial charge < -0.3 is 15.0 Å². The van der Waals surface area contributed by atoms with Gasteiger partial charge in [0.05, 0.1) is 11.0 Å². The van der Waals surface area contributed by atoms with E-state index in [4.69, 9.17) is 10.5 Å². The van der Waals surface area contributed by atoms with Gasteiger partial charge in [0, 0.05) is 20.3 Å². The van der Waals surface area contributed by atoms with Gasteiger partial charge in [-0.15, -0.1) is 0 Å². The van der Waals surface area contributed by atoms with Crippen LogP contribution in [0.1, 0.15) is 24.8 Å². The number of nitrogen functional groups attached to an aromatic ring is 1. The van der Waals surface area contributed by atoms with E-state index < -0.39 is 0 Å². The van der Waals surface area contributed by atoms with E-state index in [2.05, 4.69) is 28.6 Å². The Morgan fingerprint density at radius 1 is 1.42 bits per heavy atom. The van der Waals surface area contributed by atoms with Gasteiger partial charge in [-0.25, -0.2) is 4.98 Å². The summed E-state index contributed by atoms with van der Waals surface area (Å²) in [6.07, 6.45) is 3.64. The van der Waals surface area contributed by atoms with Crippen molar-refractivity contribution in [2.75, 3.05) is 19.5 Å². The molecule has 0 bridgehead atoms. The van der Waals surface area contributed by atoms with E-state index >= 15 is 0 Å². The number of nitrogens with two attached hydrogens (primary N) is 1. The van der Waals surface area contributed by atoms with Crippen LogP contribution in [-0.2, 0) is 11.3 Å². The second-order valence-electron chi connectivity index (χ2n) is 5.79. The number of aryl methyl sites for hydroxylation is 1. The summed E-state index contributed by atoms with van der Waals surface area (Å²) in [5.41, 5.74) is 9.86. The molecule has 19 heavy (non-hydrogen) atoms. The van der Waals surface area contributed by atoms with Crippen molar-refractivity contribution in [3.63, 3.8) is 0 Å². The number of nitrogens with zero attached hydrogens (tertiary/aromatic N) is 2. The quantitative estimate of drug-likeness (QED) is 0.898. The molecule has 2 aromatic rings. The summed E-state index contributed by atoms with van der Waals surface area (Å²) in [4.78, 5) is 4.46. The Hall–Kier alpha value is -1.55. The largest absolute Gasteiger partial charge is 0.385 e. The molecule has 0 saturated heterocycles. The maximum absolute atomic E-state index is 6.09. The van der Waals surface area contributed by atoms with Gasteiger partial charge in [0.15, 0.2) is 0 Å². The summed E-state index contributed by atoms with van der Waals surface area (Å²) in [5.74, 6) is 0.629. The molecule has 0 radical (unpaired) electrons. The van der Waals surface area contributed by atoms with Gasteiger partial charge in [0.2, 0.25) is 5.95 Å². The molecule has 0 aliphatic heterocycles. The SMILES string of the molecule is COCCC1(Cn2c(N)nc3ccc(C)cc32)CC1. The molecule has 1 heterocycles. The van der Waals surface area contributed by atoms with E-state index in [0.717, 1.165) is 30.6 Å². The highest BCUT2D eigenvalue weighted by Gasteiger charge is 2.42. The van der Waals surface area contributed by atoms with Crippen LogP contribution in [0.5, 0.6) is 0 Å². The average Bonchev–Trinajstić information content (AvgIpc) is 3.09. The van der Waals surface area contributed by atoms with Crippen LogP contribution in [0.3, 0.4) is 0 Å². The number of aromatic nitrogens is 2. The molecule has 1 fully saturated rings. The fraction of sp³-hybridized carbons (Fsp3) is 0.533. The minimum atomic E-state index is 0.376. The molecule has 0 spiro atoms. The molecule has 0 unspecified atom stereocenters. The molecule has 1 saturated carbocycles. The zero-order valence-electron chi connectivity index (χ0n) is 11.6. The number of rotatable bonds is 5. The van der Waals surface area contributed by atoms with E-state index in [1.807, 2.05) is 6.07 Å². The van der Waals surface area contributed by atoms with E-state index in [-0.39, 0.29) is 0 Å². The van der Waals surface area contributed by atoms with Gasteiger partial charge in [-0.3, -0.25) is 0 Å². The molecule has 0 amide bonds. The number of ether oxygens (including phenoxy) is 1. The highest BCUT2D eigenvalue weighted by atomic mass is 16.5. The van der Waals surface area contributed by atoms with Crippen molar-refractivity contribution in [1.29, 1.82) is 0 Å². The van der Waals surface area contributed by atoms with Crippen LogP contribution in [0.15, 0.2) is 18.2 Å². The fourth-order valence-corrected chi connectivity index (χ4v) is 2.74. The number of fused-ring (bicyclic) bond motifs is 1. The van der Waals surface area contributed by atoms with Crippen LogP contribution in [0.2, 0.25) is 0 Å². The molecule has 1 aromatic heterocycles. The Morgan fingerprint density at radius 3 is 2.89 bits per heavy atom. The Balaban J connectivity index is 1.92. The van der Waals surface area contributed by atoms with Crippen LogP contribution >= 0.6 is 0 Å². The van der Waals surface area contributed by atoms with Crippen LogP contribution in [0.4, 0.5) is 5.95 Å². The molecule has 4 nitrogen and oxygen atoms in total. The third-order valence-electron chi connectivity index (χ3n) is 4.22. The molecule has 0 atom stereocenters. The van der Waals surface area contributed by atoms with Gasteiger partial charge >= 0.3 is 0 Å². The summed E-state index contributed by atoms with van der Waals surface area (Å²) in [6, 6.07) is 6.30. The van der Waals surface area contributed by atoms with Crippen LogP contribution in [0.25, 0.3) is 11.0 Å². The first-order valence-electron chi connectivity index (χ1n) is 6.85. The third-order valence-corrected chi connectivity index (χ3v) is 4.22. The molecule has 3 rings (SSSR count). The lowest BCUT2D eigenvalue weighted by molar-refractivity contribution is 0.167. The summed E-state index contributed by atoms with van der Waals surface area (Å²) in [7, 11) is 1.76. The number of anilines is 1. The first kappa shape index (κ1) is 12.5. The van der Waals surface area contributed by atoms with Gasteiger partial charge in [-0.2, -0.15) is 0 Å². The average molecular weight is 259 g/mol. The monoisotopic (exact) mass is 259 g/mol. The van der Waals surface area contributed by atoms with Crippen LogP contribution in [0, 0.1) is 12.3 Å². The fourth-order valence-electron chi connectivity index (χ4n) is 2.74. The predicted octanol–water partition coefficient (Wildman–Crippen LogP) is 2.74. The third kappa shape index (κ3) is 2.32. The normalized spacial score (nSPS) is 16.9. The van der Waals surface area contributed by atoms with E-state index in [0.29, 0.717) is 11.4 Å². The maximum Gasteiger partial charge on any atom is 0.201 e. The molecular formula is C15H21N3O. The second kappa shape index (κ2) is 4.53. The van der Waals surface area contributed by atoms with E-state index in [9.17, 15) is 0 Å². The van der Waals surface area contributed by atoms with Crippen LogP contribution < -0.4 is 5.73 Å². The van der Waals surface area contributed by atoms with E-state index in [1.165, 1.54) is 18.4 Å². The minimum Gasteiger partial charge on any atom is -0.385 e. The smallest absolute Gasteiger partial charge is 0.201 e. The van der Waals surface area contributed by atoms with Gasteiger partial charge in [0.25, 0.3) is 0 Å². The molecule has 2 N–H and O–H groups in total. The summed E-state index contributed by atoms with van der Waals surface area (Å²) in [6.45, 7) is 3.89. The van der Waals surface area contributed by atoms with Crippen molar-refractivity contribution in [3.05, 3.63) is 23.8 Å². The zero-order chi connectivity index (χ0) is 13.5. The topological polar surface area (TPSA) is 53.1 Å². The van der Waals surface area contributed by atoms with E-state index in [1.54, 1.807) is 7.11 Å².